The molecule has 7 aromatic carbocycles. The molecule has 0 radical (unpaired) electrons. The standard InChI is InChI=1S/C45H28N4OS/c1-3-13-27(14-4-1)43-46-44(28-15-5-2-6-16-28)48-45(47-43)35-26-29(25-34-31-18-9-12-22-39(31)51-42(34)35)49-36-20-10-7-17-30(36)32-23-24-38-40(41(32)49)33-19-8-11-21-37(33)50-38/h1-26,43H,(H,46,47,48). The van der Waals surface area contributed by atoms with Gasteiger partial charge in [0.15, 0.2) is 5.84 Å². The number of furan rings is 1. The second kappa shape index (κ2) is 11.0. The zero-order valence-corrected chi connectivity index (χ0v) is 28.1. The molecular weight excluding hydrogens is 645 g/mol. The lowest BCUT2D eigenvalue weighted by molar-refractivity contribution is 0.669. The third-order valence-corrected chi connectivity index (χ3v) is 11.3. The van der Waals surface area contributed by atoms with Crippen LogP contribution in [0.25, 0.3) is 69.6 Å². The summed E-state index contributed by atoms with van der Waals surface area (Å²) in [5.74, 6) is 1.51. The number of thiophene rings is 1. The fourth-order valence-corrected chi connectivity index (χ4v) is 8.95. The van der Waals surface area contributed by atoms with Gasteiger partial charge in [-0.05, 0) is 48.0 Å². The van der Waals surface area contributed by atoms with Gasteiger partial charge in [-0.1, -0.05) is 115 Å². The van der Waals surface area contributed by atoms with Crippen molar-refractivity contribution in [2.45, 2.75) is 6.17 Å². The van der Waals surface area contributed by atoms with Crippen molar-refractivity contribution in [3.8, 4) is 5.69 Å². The van der Waals surface area contributed by atoms with Crippen LogP contribution in [0.15, 0.2) is 172 Å². The summed E-state index contributed by atoms with van der Waals surface area (Å²) < 4.78 is 11.3. The van der Waals surface area contributed by atoms with Crippen LogP contribution >= 0.6 is 11.3 Å². The Kier molecular flexibility index (Phi) is 6.12. The Hall–Kier alpha value is -6.50. The minimum absolute atomic E-state index is 0.299. The largest absolute Gasteiger partial charge is 0.456 e. The van der Waals surface area contributed by atoms with Gasteiger partial charge in [-0.2, -0.15) is 0 Å². The van der Waals surface area contributed by atoms with E-state index in [9.17, 15) is 0 Å². The number of hydrogen-bond acceptors (Lipinski definition) is 5. The Morgan fingerprint density at radius 2 is 1.33 bits per heavy atom. The van der Waals surface area contributed by atoms with E-state index in [4.69, 9.17) is 14.4 Å². The molecule has 0 fully saturated rings. The minimum Gasteiger partial charge on any atom is -0.456 e. The van der Waals surface area contributed by atoms with Crippen LogP contribution in [-0.2, 0) is 0 Å². The molecule has 3 aromatic heterocycles. The molecule has 11 rings (SSSR count). The zero-order valence-electron chi connectivity index (χ0n) is 27.2. The molecule has 1 aliphatic heterocycles. The second-order valence-corrected chi connectivity index (χ2v) is 14.0. The molecule has 10 aromatic rings. The predicted octanol–water partition coefficient (Wildman–Crippen LogP) is 11.5. The number of fused-ring (bicyclic) bond motifs is 10. The normalized spacial score (nSPS) is 14.9. The lowest BCUT2D eigenvalue weighted by Crippen LogP contribution is -2.33. The van der Waals surface area contributed by atoms with Gasteiger partial charge in [-0.3, -0.25) is 0 Å². The molecule has 0 saturated carbocycles. The van der Waals surface area contributed by atoms with Gasteiger partial charge in [0, 0.05) is 53.1 Å². The van der Waals surface area contributed by atoms with Gasteiger partial charge in [-0.25, -0.2) is 9.98 Å². The Bertz CT molecular complexity index is 3060. The molecule has 0 bridgehead atoms. The summed E-state index contributed by atoms with van der Waals surface area (Å²) in [6.45, 7) is 0. The van der Waals surface area contributed by atoms with Gasteiger partial charge < -0.3 is 14.3 Å². The Morgan fingerprint density at radius 1 is 0.608 bits per heavy atom. The number of nitrogens with one attached hydrogen (secondary N) is 1. The van der Waals surface area contributed by atoms with Gasteiger partial charge in [0.1, 0.15) is 23.2 Å². The molecule has 1 N–H and O–H groups in total. The molecule has 4 heterocycles. The summed E-state index contributed by atoms with van der Waals surface area (Å²) in [7, 11) is 0. The van der Waals surface area contributed by atoms with Crippen LogP contribution in [-0.4, -0.2) is 16.2 Å². The highest BCUT2D eigenvalue weighted by molar-refractivity contribution is 7.26. The highest BCUT2D eigenvalue weighted by Gasteiger charge is 2.25. The number of hydrogen-bond donors (Lipinski definition) is 1. The van der Waals surface area contributed by atoms with E-state index in [2.05, 4.69) is 149 Å². The van der Waals surface area contributed by atoms with E-state index in [1.807, 2.05) is 18.2 Å². The molecule has 0 saturated heterocycles. The predicted molar refractivity (Wildman–Crippen MR) is 213 cm³/mol. The van der Waals surface area contributed by atoms with E-state index in [0.717, 1.165) is 61.2 Å². The van der Waals surface area contributed by atoms with Crippen molar-refractivity contribution in [2.24, 2.45) is 9.98 Å². The number of nitrogens with zero attached hydrogens (tertiary/aromatic N) is 3. The van der Waals surface area contributed by atoms with Gasteiger partial charge in [0.05, 0.1) is 16.4 Å². The van der Waals surface area contributed by atoms with Crippen LogP contribution in [0, 0.1) is 0 Å². The zero-order chi connectivity index (χ0) is 33.5. The summed E-state index contributed by atoms with van der Waals surface area (Å²) in [5.41, 5.74) is 8.19. The number of para-hydroxylation sites is 2. The first kappa shape index (κ1) is 28.3. The van der Waals surface area contributed by atoms with Crippen molar-refractivity contribution in [1.82, 2.24) is 9.88 Å². The molecule has 1 aliphatic rings. The molecule has 1 unspecified atom stereocenters. The summed E-state index contributed by atoms with van der Waals surface area (Å²) >= 11 is 1.80. The number of amidine groups is 2. The summed E-state index contributed by atoms with van der Waals surface area (Å²) in [4.78, 5) is 10.6. The first-order chi connectivity index (χ1) is 25.3. The fourth-order valence-electron chi connectivity index (χ4n) is 7.76. The number of benzene rings is 7. The molecular formula is C45H28N4OS. The van der Waals surface area contributed by atoms with Gasteiger partial charge in [0.2, 0.25) is 0 Å². The Labute approximate surface area is 296 Å². The van der Waals surface area contributed by atoms with Crippen molar-refractivity contribution >= 4 is 86.9 Å². The third kappa shape index (κ3) is 4.33. The average Bonchev–Trinajstić information content (AvgIpc) is 3.87. The molecule has 0 spiro atoms. The lowest BCUT2D eigenvalue weighted by atomic mass is 10.0. The van der Waals surface area contributed by atoms with E-state index in [-0.39, 0.29) is 6.17 Å². The maximum atomic E-state index is 6.43. The first-order valence-corrected chi connectivity index (χ1v) is 17.9. The topological polar surface area (TPSA) is 54.8 Å². The SMILES string of the molecule is c1ccc(C2=NC(c3cc(-n4c5ccccc5c5ccc6oc7ccccc7c6c54)cc4c3sc3ccccc34)=NC(c3ccccc3)N2)cc1. The van der Waals surface area contributed by atoms with Crippen molar-refractivity contribution in [2.75, 3.05) is 0 Å². The van der Waals surface area contributed by atoms with Crippen LogP contribution in [0.3, 0.4) is 0 Å². The third-order valence-electron chi connectivity index (χ3n) is 10.0. The maximum absolute atomic E-state index is 6.43. The van der Waals surface area contributed by atoms with Crippen LogP contribution in [0.1, 0.15) is 22.9 Å². The van der Waals surface area contributed by atoms with Crippen molar-refractivity contribution in [3.05, 3.63) is 174 Å². The molecule has 5 nitrogen and oxygen atoms in total. The highest BCUT2D eigenvalue weighted by atomic mass is 32.1. The van der Waals surface area contributed by atoms with Crippen molar-refractivity contribution in [1.29, 1.82) is 0 Å². The lowest BCUT2D eigenvalue weighted by Gasteiger charge is -2.24. The van der Waals surface area contributed by atoms with Crippen molar-refractivity contribution < 1.29 is 4.42 Å². The average molecular weight is 673 g/mol. The fraction of sp³-hybridized carbons (Fsp3) is 0.0222. The van der Waals surface area contributed by atoms with Gasteiger partial charge in [-0.15, -0.1) is 11.3 Å². The smallest absolute Gasteiger partial charge is 0.160 e. The van der Waals surface area contributed by atoms with E-state index in [1.165, 1.54) is 30.9 Å². The summed E-state index contributed by atoms with van der Waals surface area (Å²) in [6, 6.07) is 55.4. The second-order valence-electron chi connectivity index (χ2n) is 13.0. The van der Waals surface area contributed by atoms with E-state index in [1.54, 1.807) is 11.3 Å². The number of rotatable bonds is 4. The quantitative estimate of drug-likeness (QED) is 0.202. The van der Waals surface area contributed by atoms with Crippen LogP contribution in [0.2, 0.25) is 0 Å². The number of aromatic nitrogens is 1. The minimum atomic E-state index is -0.299. The molecule has 0 amide bonds. The van der Waals surface area contributed by atoms with Crippen molar-refractivity contribution in [3.63, 3.8) is 0 Å². The Balaban J connectivity index is 1.26. The maximum Gasteiger partial charge on any atom is 0.160 e. The van der Waals surface area contributed by atoms with E-state index in [0.29, 0.717) is 5.84 Å². The Morgan fingerprint density at radius 3 is 2.20 bits per heavy atom. The monoisotopic (exact) mass is 672 g/mol. The van der Waals surface area contributed by atoms with Gasteiger partial charge >= 0.3 is 0 Å². The first-order valence-electron chi connectivity index (χ1n) is 17.1. The molecule has 240 valence electrons. The van der Waals surface area contributed by atoms with Crippen LogP contribution < -0.4 is 5.32 Å². The van der Waals surface area contributed by atoms with E-state index < -0.39 is 0 Å². The van der Waals surface area contributed by atoms with E-state index >= 15 is 0 Å². The highest BCUT2D eigenvalue weighted by Crippen LogP contribution is 2.43. The summed E-state index contributed by atoms with van der Waals surface area (Å²) in [6.07, 6.45) is -0.299. The van der Waals surface area contributed by atoms with Gasteiger partial charge in [0.25, 0.3) is 0 Å². The summed E-state index contributed by atoms with van der Waals surface area (Å²) in [5, 5.41) is 10.7. The molecule has 1 atom stereocenters. The van der Waals surface area contributed by atoms with Crippen LogP contribution in [0.5, 0.6) is 0 Å². The number of aliphatic imine (C=N–C) groups is 2. The van der Waals surface area contributed by atoms with Crippen LogP contribution in [0.4, 0.5) is 0 Å². The molecule has 6 heteroatoms. The molecule has 51 heavy (non-hydrogen) atoms. The molecule has 0 aliphatic carbocycles.